The number of aliphatic hydroxyl groups is 2. The molecule has 3 atom stereocenters. The molecule has 0 aromatic heterocycles. The Bertz CT molecular complexity index is 1040. The first-order valence-corrected chi connectivity index (χ1v) is 27.7. The molecule has 0 aliphatic carbocycles. The predicted octanol–water partition coefficient (Wildman–Crippen LogP) is 16.8. The lowest BCUT2D eigenvalue weighted by Crippen LogP contribution is -2.46. The van der Waals surface area contributed by atoms with Crippen LogP contribution in [0.2, 0.25) is 0 Å². The molecule has 0 aromatic carbocycles. The fourth-order valence-corrected chi connectivity index (χ4v) is 8.55. The molecule has 0 aliphatic rings. The smallest absolute Gasteiger partial charge is 0.306 e. The summed E-state index contributed by atoms with van der Waals surface area (Å²) in [5.74, 6) is -0.493. The summed E-state index contributed by atoms with van der Waals surface area (Å²) in [4.78, 5) is 26.2. The van der Waals surface area contributed by atoms with E-state index in [1.165, 1.54) is 173 Å². The van der Waals surface area contributed by atoms with E-state index in [2.05, 4.69) is 62.5 Å². The highest BCUT2D eigenvalue weighted by Gasteiger charge is 2.24. The topological polar surface area (TPSA) is 95.9 Å². The Morgan fingerprint density at radius 3 is 1.22 bits per heavy atom. The van der Waals surface area contributed by atoms with Gasteiger partial charge in [0.1, 0.15) is 6.10 Å². The number of carbonyl (C=O) groups excluding carboxylic acids is 2. The van der Waals surface area contributed by atoms with Crippen LogP contribution in [0.25, 0.3) is 0 Å². The molecular formula is C57H107NO5. The van der Waals surface area contributed by atoms with Gasteiger partial charge in [0.25, 0.3) is 0 Å². The van der Waals surface area contributed by atoms with Gasteiger partial charge in [0.2, 0.25) is 5.91 Å². The molecule has 63 heavy (non-hydrogen) atoms. The molecule has 0 saturated heterocycles. The zero-order valence-corrected chi connectivity index (χ0v) is 42.2. The number of nitrogens with one attached hydrogen (secondary N) is 1. The average Bonchev–Trinajstić information content (AvgIpc) is 3.28. The second kappa shape index (κ2) is 51.1. The number of ether oxygens (including phenoxy) is 1. The Labute approximate surface area is 392 Å². The summed E-state index contributed by atoms with van der Waals surface area (Å²) in [5.41, 5.74) is 0. The van der Waals surface area contributed by atoms with Crippen LogP contribution in [-0.2, 0) is 14.3 Å². The maximum absolute atomic E-state index is 13.2. The van der Waals surface area contributed by atoms with Crippen molar-refractivity contribution in [1.29, 1.82) is 0 Å². The Kier molecular flexibility index (Phi) is 49.5. The van der Waals surface area contributed by atoms with Gasteiger partial charge in [0, 0.05) is 6.42 Å². The Balaban J connectivity index is 4.60. The fraction of sp³-hybridized carbons (Fsp3) is 0.860. The number of esters is 1. The molecule has 1 amide bonds. The number of hydrogen-bond donors (Lipinski definition) is 3. The van der Waals surface area contributed by atoms with E-state index < -0.39 is 18.2 Å². The van der Waals surface area contributed by atoms with Gasteiger partial charge in [0.05, 0.1) is 25.2 Å². The van der Waals surface area contributed by atoms with E-state index in [-0.39, 0.29) is 24.9 Å². The number of allylic oxidation sites excluding steroid dienone is 6. The quantitative estimate of drug-likeness (QED) is 0.0321. The number of carbonyl (C=O) groups is 2. The molecule has 0 radical (unpaired) electrons. The fourth-order valence-electron chi connectivity index (χ4n) is 8.55. The molecule has 370 valence electrons. The minimum Gasteiger partial charge on any atom is -0.462 e. The summed E-state index contributed by atoms with van der Waals surface area (Å²) < 4.78 is 5.94. The lowest BCUT2D eigenvalue weighted by atomic mass is 10.0. The van der Waals surface area contributed by atoms with Gasteiger partial charge < -0.3 is 20.3 Å². The molecule has 0 fully saturated rings. The van der Waals surface area contributed by atoms with Gasteiger partial charge in [0.15, 0.2) is 0 Å². The van der Waals surface area contributed by atoms with Crippen LogP contribution in [0, 0.1) is 0 Å². The van der Waals surface area contributed by atoms with Gasteiger partial charge in [-0.15, -0.1) is 0 Å². The average molecular weight is 886 g/mol. The van der Waals surface area contributed by atoms with Crippen LogP contribution in [0.3, 0.4) is 0 Å². The first-order chi connectivity index (χ1) is 31.0. The van der Waals surface area contributed by atoms with E-state index in [1.807, 2.05) is 0 Å². The van der Waals surface area contributed by atoms with E-state index in [0.717, 1.165) is 70.6 Å². The molecular weight excluding hydrogens is 779 g/mol. The number of rotatable bonds is 50. The molecule has 0 saturated carbocycles. The highest BCUT2D eigenvalue weighted by atomic mass is 16.5. The van der Waals surface area contributed by atoms with Gasteiger partial charge in [-0.25, -0.2) is 0 Å². The number of amides is 1. The van der Waals surface area contributed by atoms with Crippen molar-refractivity contribution in [2.45, 2.75) is 309 Å². The van der Waals surface area contributed by atoms with E-state index in [4.69, 9.17) is 4.74 Å². The highest BCUT2D eigenvalue weighted by Crippen LogP contribution is 2.18. The van der Waals surface area contributed by atoms with Gasteiger partial charge >= 0.3 is 5.97 Å². The molecule has 0 aliphatic heterocycles. The molecule has 3 N–H and O–H groups in total. The summed E-state index contributed by atoms with van der Waals surface area (Å²) in [7, 11) is 0. The molecule has 6 nitrogen and oxygen atoms in total. The number of hydrogen-bond acceptors (Lipinski definition) is 5. The largest absolute Gasteiger partial charge is 0.462 e. The Morgan fingerprint density at radius 2 is 0.810 bits per heavy atom. The van der Waals surface area contributed by atoms with Gasteiger partial charge in [-0.05, 0) is 51.4 Å². The third kappa shape index (κ3) is 46.4. The van der Waals surface area contributed by atoms with Crippen molar-refractivity contribution < 1.29 is 24.5 Å². The van der Waals surface area contributed by atoms with Crippen molar-refractivity contribution in [2.24, 2.45) is 0 Å². The van der Waals surface area contributed by atoms with Crippen molar-refractivity contribution in [3.63, 3.8) is 0 Å². The summed E-state index contributed by atoms with van der Waals surface area (Å²) in [6.07, 6.45) is 60.6. The van der Waals surface area contributed by atoms with Gasteiger partial charge in [-0.2, -0.15) is 0 Å². The zero-order chi connectivity index (χ0) is 45.9. The van der Waals surface area contributed by atoms with Crippen molar-refractivity contribution in [1.82, 2.24) is 5.32 Å². The second-order valence-electron chi connectivity index (χ2n) is 19.1. The van der Waals surface area contributed by atoms with E-state index in [1.54, 1.807) is 0 Å². The molecule has 0 bridgehead atoms. The van der Waals surface area contributed by atoms with Crippen LogP contribution in [0.1, 0.15) is 290 Å². The van der Waals surface area contributed by atoms with Crippen LogP contribution in [0.4, 0.5) is 0 Å². The molecule has 6 heteroatoms. The number of unbranched alkanes of at least 4 members (excludes halogenated alkanes) is 34. The van der Waals surface area contributed by atoms with Crippen LogP contribution in [-0.4, -0.2) is 46.9 Å². The van der Waals surface area contributed by atoms with Gasteiger partial charge in [-0.1, -0.05) is 263 Å². The van der Waals surface area contributed by atoms with E-state index >= 15 is 0 Å². The predicted molar refractivity (Wildman–Crippen MR) is 273 cm³/mol. The molecule has 0 aromatic rings. The SMILES string of the molecule is CCCCCCC/C=C/C=C/C=C/CCCCCC(CC(=O)NC(CO)C(O)CCCCCCCCCCCCC)OC(=O)CCCCCCCCCCCCCCCCCCC. The third-order valence-electron chi connectivity index (χ3n) is 12.8. The Hall–Kier alpha value is -1.92. The Morgan fingerprint density at radius 1 is 0.460 bits per heavy atom. The van der Waals surface area contributed by atoms with Crippen molar-refractivity contribution >= 4 is 11.9 Å². The van der Waals surface area contributed by atoms with Gasteiger partial charge in [-0.3, -0.25) is 9.59 Å². The first kappa shape index (κ1) is 61.1. The van der Waals surface area contributed by atoms with Crippen LogP contribution in [0.5, 0.6) is 0 Å². The second-order valence-corrected chi connectivity index (χ2v) is 19.1. The van der Waals surface area contributed by atoms with E-state index in [9.17, 15) is 19.8 Å². The molecule has 3 unspecified atom stereocenters. The maximum Gasteiger partial charge on any atom is 0.306 e. The van der Waals surface area contributed by atoms with E-state index in [0.29, 0.717) is 19.3 Å². The monoisotopic (exact) mass is 886 g/mol. The summed E-state index contributed by atoms with van der Waals surface area (Å²) in [6, 6.07) is -0.709. The normalized spacial score (nSPS) is 13.4. The van der Waals surface area contributed by atoms with Crippen molar-refractivity contribution in [2.75, 3.05) is 6.61 Å². The van der Waals surface area contributed by atoms with Crippen molar-refractivity contribution in [3.8, 4) is 0 Å². The first-order valence-electron chi connectivity index (χ1n) is 27.7. The maximum atomic E-state index is 13.2. The molecule has 0 spiro atoms. The lowest BCUT2D eigenvalue weighted by Gasteiger charge is -2.24. The van der Waals surface area contributed by atoms with Crippen LogP contribution >= 0.6 is 0 Å². The molecule has 0 heterocycles. The van der Waals surface area contributed by atoms with Crippen molar-refractivity contribution in [3.05, 3.63) is 36.5 Å². The zero-order valence-electron chi connectivity index (χ0n) is 42.2. The lowest BCUT2D eigenvalue weighted by molar-refractivity contribution is -0.151. The minimum absolute atomic E-state index is 0.0589. The minimum atomic E-state index is -0.794. The third-order valence-corrected chi connectivity index (χ3v) is 12.8. The summed E-state index contributed by atoms with van der Waals surface area (Å²) in [5, 5.41) is 23.8. The molecule has 0 rings (SSSR count). The standard InChI is InChI=1S/C57H107NO5/c1-4-7-10-13-16-19-22-24-26-28-30-32-35-38-41-44-47-50-57(62)63-53(48-45-42-39-36-34-31-29-27-25-23-20-17-14-11-8-5-2)51-56(61)58-54(52-59)55(60)49-46-43-40-37-33-21-18-15-12-9-6-3/h23,25,27,29,31,34,53-55,59-60H,4-22,24,26,28,30,32-33,35-52H2,1-3H3,(H,58,61)/b25-23+,29-27+,34-31+. The summed E-state index contributed by atoms with van der Waals surface area (Å²) >= 11 is 0. The highest BCUT2D eigenvalue weighted by molar-refractivity contribution is 5.77. The summed E-state index contributed by atoms with van der Waals surface area (Å²) in [6.45, 7) is 6.48. The van der Waals surface area contributed by atoms with Crippen LogP contribution < -0.4 is 5.32 Å². The van der Waals surface area contributed by atoms with Crippen LogP contribution in [0.15, 0.2) is 36.5 Å². The number of aliphatic hydroxyl groups excluding tert-OH is 2.